The number of cyclic esters (lactones) is 1. The van der Waals surface area contributed by atoms with Gasteiger partial charge in [0.1, 0.15) is 25.0 Å². The average molecular weight is 414 g/mol. The van der Waals surface area contributed by atoms with Gasteiger partial charge >= 0.3 is 6.09 Å². The van der Waals surface area contributed by atoms with E-state index < -0.39 is 6.09 Å². The second-order valence-corrected chi connectivity index (χ2v) is 7.89. The van der Waals surface area contributed by atoms with Crippen LogP contribution >= 0.6 is 0 Å². The van der Waals surface area contributed by atoms with Crippen LogP contribution in [0.1, 0.15) is 35.1 Å². The summed E-state index contributed by atoms with van der Waals surface area (Å²) in [6.45, 7) is 0.647. The number of rotatable bonds is 6. The lowest BCUT2D eigenvalue weighted by Gasteiger charge is -2.20. The van der Waals surface area contributed by atoms with Gasteiger partial charge in [-0.05, 0) is 35.1 Å². The van der Waals surface area contributed by atoms with Gasteiger partial charge in [-0.1, -0.05) is 60.7 Å². The highest BCUT2D eigenvalue weighted by Crippen LogP contribution is 2.50. The van der Waals surface area contributed by atoms with E-state index in [4.69, 9.17) is 9.47 Å². The number of nitrogens with zero attached hydrogens (tertiary/aromatic N) is 2. The van der Waals surface area contributed by atoms with E-state index >= 15 is 0 Å². The van der Waals surface area contributed by atoms with Gasteiger partial charge in [0.2, 0.25) is 5.91 Å². The van der Waals surface area contributed by atoms with Crippen LogP contribution in [0.3, 0.4) is 0 Å². The van der Waals surface area contributed by atoms with E-state index in [2.05, 4.69) is 4.98 Å². The molecule has 3 atom stereocenters. The van der Waals surface area contributed by atoms with Gasteiger partial charge in [-0.3, -0.25) is 9.78 Å². The van der Waals surface area contributed by atoms with Crippen LogP contribution in [0, 0.1) is 5.92 Å². The Morgan fingerprint density at radius 3 is 2.55 bits per heavy atom. The third-order valence-electron chi connectivity index (χ3n) is 5.81. The molecule has 156 valence electrons. The van der Waals surface area contributed by atoms with Crippen molar-refractivity contribution in [3.63, 3.8) is 0 Å². The first-order chi connectivity index (χ1) is 15.2. The summed E-state index contributed by atoms with van der Waals surface area (Å²) >= 11 is 0. The van der Waals surface area contributed by atoms with Gasteiger partial charge in [0.25, 0.3) is 0 Å². The lowest BCUT2D eigenvalue weighted by Crippen LogP contribution is -2.35. The first kappa shape index (κ1) is 19.3. The summed E-state index contributed by atoms with van der Waals surface area (Å²) in [5.41, 5.74) is 2.93. The minimum Gasteiger partial charge on any atom is -0.487 e. The summed E-state index contributed by atoms with van der Waals surface area (Å²) in [6.07, 6.45) is 3.57. The summed E-state index contributed by atoms with van der Waals surface area (Å²) < 4.78 is 11.1. The van der Waals surface area contributed by atoms with Gasteiger partial charge in [-0.15, -0.1) is 0 Å². The van der Waals surface area contributed by atoms with E-state index in [0.717, 1.165) is 16.7 Å². The molecule has 5 rings (SSSR count). The van der Waals surface area contributed by atoms with E-state index in [0.29, 0.717) is 18.8 Å². The Kier molecular flexibility index (Phi) is 5.12. The zero-order valence-electron chi connectivity index (χ0n) is 16.9. The molecule has 31 heavy (non-hydrogen) atoms. The van der Waals surface area contributed by atoms with Gasteiger partial charge < -0.3 is 9.47 Å². The van der Waals surface area contributed by atoms with Crippen molar-refractivity contribution < 1.29 is 19.1 Å². The molecule has 0 radical (unpaired) electrons. The van der Waals surface area contributed by atoms with Crippen LogP contribution in [-0.4, -0.2) is 28.5 Å². The third kappa shape index (κ3) is 4.01. The highest BCUT2D eigenvalue weighted by molar-refractivity contribution is 5.96. The van der Waals surface area contributed by atoms with Crippen molar-refractivity contribution in [1.82, 2.24) is 9.88 Å². The highest BCUT2D eigenvalue weighted by Gasteiger charge is 2.51. The van der Waals surface area contributed by atoms with Gasteiger partial charge in [0.15, 0.2) is 0 Å². The van der Waals surface area contributed by atoms with Crippen molar-refractivity contribution in [3.05, 3.63) is 95.8 Å². The number of aromatic nitrogens is 1. The lowest BCUT2D eigenvalue weighted by atomic mass is 10.1. The quantitative estimate of drug-likeness (QED) is 0.595. The van der Waals surface area contributed by atoms with Crippen LogP contribution in [0.25, 0.3) is 0 Å². The molecule has 2 aliphatic rings. The van der Waals surface area contributed by atoms with Crippen molar-refractivity contribution in [2.45, 2.75) is 25.0 Å². The summed E-state index contributed by atoms with van der Waals surface area (Å²) in [5.74, 6) is 0.271. The highest BCUT2D eigenvalue weighted by atomic mass is 16.6. The number of hydrogen-bond acceptors (Lipinski definition) is 5. The summed E-state index contributed by atoms with van der Waals surface area (Å²) in [7, 11) is 0. The van der Waals surface area contributed by atoms with Crippen LogP contribution in [0.4, 0.5) is 4.79 Å². The fourth-order valence-corrected chi connectivity index (χ4v) is 4.06. The second kappa shape index (κ2) is 8.22. The van der Waals surface area contributed by atoms with Crippen molar-refractivity contribution in [2.75, 3.05) is 6.61 Å². The Morgan fingerprint density at radius 1 is 1.03 bits per heavy atom. The molecule has 0 unspecified atom stereocenters. The Morgan fingerprint density at radius 2 is 1.77 bits per heavy atom. The molecule has 3 aromatic rings. The van der Waals surface area contributed by atoms with Crippen LogP contribution in [0.2, 0.25) is 0 Å². The number of carbonyl (C=O) groups excluding carboxylic acids is 2. The summed E-state index contributed by atoms with van der Waals surface area (Å²) in [5, 5.41) is 0. The molecule has 2 amide bonds. The number of ether oxygens (including phenoxy) is 2. The van der Waals surface area contributed by atoms with E-state index in [1.54, 1.807) is 12.4 Å². The second-order valence-electron chi connectivity index (χ2n) is 7.89. The number of amides is 2. The van der Waals surface area contributed by atoms with Gasteiger partial charge in [0, 0.05) is 12.1 Å². The number of carbonyl (C=O) groups is 2. The zero-order valence-corrected chi connectivity index (χ0v) is 16.9. The van der Waals surface area contributed by atoms with E-state index in [1.165, 1.54) is 4.90 Å². The van der Waals surface area contributed by atoms with E-state index in [9.17, 15) is 9.59 Å². The maximum absolute atomic E-state index is 13.2. The molecule has 1 aromatic heterocycles. The number of hydrogen-bond donors (Lipinski definition) is 0. The number of imide groups is 1. The molecular weight excluding hydrogens is 392 g/mol. The van der Waals surface area contributed by atoms with E-state index in [-0.39, 0.29) is 30.4 Å². The Labute approximate surface area is 180 Å². The average Bonchev–Trinajstić information content (AvgIpc) is 3.54. The maximum atomic E-state index is 13.2. The topological polar surface area (TPSA) is 68.7 Å². The van der Waals surface area contributed by atoms with Crippen LogP contribution in [0.5, 0.6) is 5.75 Å². The molecule has 1 aliphatic carbocycles. The molecule has 2 aromatic carbocycles. The summed E-state index contributed by atoms with van der Waals surface area (Å²) in [4.78, 5) is 31.0. The maximum Gasteiger partial charge on any atom is 0.417 e. The Balaban J connectivity index is 1.27. The minimum atomic E-state index is -0.567. The molecule has 0 N–H and O–H groups in total. The fraction of sp³-hybridized carbons (Fsp3) is 0.240. The van der Waals surface area contributed by atoms with Crippen molar-refractivity contribution in [3.8, 4) is 5.75 Å². The summed E-state index contributed by atoms with van der Waals surface area (Å²) in [6, 6.07) is 21.0. The molecule has 1 saturated carbocycles. The standard InChI is InChI=1S/C25H22N2O4/c28-24(27-23(16-31-25(27)29)18-9-5-2-6-10-18)22-12-21(22)19-11-20(14-26-13-19)30-15-17-7-3-1-4-8-17/h1-11,13-14,21-23H,12,15-16H2/t21-,22+,23-/m1/s1. The molecular formula is C25H22N2O4. The molecule has 2 fully saturated rings. The smallest absolute Gasteiger partial charge is 0.417 e. The third-order valence-corrected chi connectivity index (χ3v) is 5.81. The molecule has 1 aliphatic heterocycles. The molecule has 0 bridgehead atoms. The van der Waals surface area contributed by atoms with Gasteiger partial charge in [0.05, 0.1) is 6.20 Å². The van der Waals surface area contributed by atoms with Gasteiger partial charge in [-0.25, -0.2) is 9.69 Å². The van der Waals surface area contributed by atoms with Crippen LogP contribution in [0.15, 0.2) is 79.1 Å². The zero-order chi connectivity index (χ0) is 21.2. The first-order valence-corrected chi connectivity index (χ1v) is 10.4. The molecule has 1 saturated heterocycles. The predicted octanol–water partition coefficient (Wildman–Crippen LogP) is 4.48. The van der Waals surface area contributed by atoms with Gasteiger partial charge in [-0.2, -0.15) is 0 Å². The minimum absolute atomic E-state index is 0.0325. The first-order valence-electron chi connectivity index (χ1n) is 10.4. The van der Waals surface area contributed by atoms with Crippen LogP contribution in [-0.2, 0) is 16.1 Å². The molecule has 6 nitrogen and oxygen atoms in total. The normalized spacial score (nSPS) is 22.1. The van der Waals surface area contributed by atoms with Crippen molar-refractivity contribution >= 4 is 12.0 Å². The van der Waals surface area contributed by atoms with Crippen molar-refractivity contribution in [2.24, 2.45) is 5.92 Å². The Hall–Kier alpha value is -3.67. The fourth-order valence-electron chi connectivity index (χ4n) is 4.06. The molecule has 0 spiro atoms. The van der Waals surface area contributed by atoms with Crippen LogP contribution < -0.4 is 4.74 Å². The molecule has 2 heterocycles. The lowest BCUT2D eigenvalue weighted by molar-refractivity contribution is -0.130. The SMILES string of the molecule is O=C1OC[C@H](c2ccccc2)N1C(=O)[C@H]1C[C@@H]1c1cncc(OCc2ccccc2)c1. The largest absolute Gasteiger partial charge is 0.487 e. The van der Waals surface area contributed by atoms with Crippen molar-refractivity contribution in [1.29, 1.82) is 0 Å². The van der Waals surface area contributed by atoms with E-state index in [1.807, 2.05) is 66.7 Å². The number of benzene rings is 2. The number of pyridine rings is 1. The monoisotopic (exact) mass is 414 g/mol. The predicted molar refractivity (Wildman–Crippen MR) is 113 cm³/mol. The molecule has 6 heteroatoms. The Bertz CT molecular complexity index is 1090.